The molecular formula is C14H23NO2S2. The first-order chi connectivity index (χ1) is 8.93. The van der Waals surface area contributed by atoms with Gasteiger partial charge in [-0.1, -0.05) is 39.3 Å². The molecular weight excluding hydrogens is 278 g/mol. The number of nitrogens with one attached hydrogen (secondary N) is 1. The second-order valence-electron chi connectivity index (χ2n) is 4.80. The van der Waals surface area contributed by atoms with Crippen LogP contribution in [-0.4, -0.2) is 19.4 Å². The van der Waals surface area contributed by atoms with E-state index in [-0.39, 0.29) is 5.75 Å². The van der Waals surface area contributed by atoms with Crippen LogP contribution in [0.2, 0.25) is 0 Å². The Labute approximate surface area is 121 Å². The molecule has 0 aliphatic carbocycles. The maximum absolute atomic E-state index is 11.7. The highest BCUT2D eigenvalue weighted by molar-refractivity contribution is 7.99. The predicted octanol–water partition coefficient (Wildman–Crippen LogP) is 3.41. The number of thioether (sulfide) groups is 1. The number of benzene rings is 1. The van der Waals surface area contributed by atoms with E-state index < -0.39 is 10.0 Å². The summed E-state index contributed by atoms with van der Waals surface area (Å²) >= 11 is 1.80. The lowest BCUT2D eigenvalue weighted by Gasteiger charge is -2.08. The van der Waals surface area contributed by atoms with E-state index in [0.717, 1.165) is 12.0 Å². The molecule has 0 unspecified atom stereocenters. The number of hydrogen-bond donors (Lipinski definition) is 1. The number of hydrogen-bond acceptors (Lipinski definition) is 3. The second kappa shape index (κ2) is 7.92. The van der Waals surface area contributed by atoms with Gasteiger partial charge in [0.1, 0.15) is 0 Å². The van der Waals surface area contributed by atoms with Crippen LogP contribution in [0.4, 0.5) is 0 Å². The van der Waals surface area contributed by atoms with Crippen molar-refractivity contribution in [2.24, 2.45) is 0 Å². The average Bonchev–Trinajstić information content (AvgIpc) is 2.35. The zero-order valence-corrected chi connectivity index (χ0v) is 13.5. The zero-order valence-electron chi connectivity index (χ0n) is 11.8. The summed E-state index contributed by atoms with van der Waals surface area (Å²) in [6.45, 7) is 6.67. The van der Waals surface area contributed by atoms with Gasteiger partial charge in [0.2, 0.25) is 10.0 Å². The van der Waals surface area contributed by atoms with Gasteiger partial charge in [-0.3, -0.25) is 0 Å². The summed E-state index contributed by atoms with van der Waals surface area (Å²) in [7, 11) is -3.13. The lowest BCUT2D eigenvalue weighted by Crippen LogP contribution is -2.25. The number of rotatable bonds is 8. The molecule has 0 aliphatic rings. The van der Waals surface area contributed by atoms with Gasteiger partial charge in [0.25, 0.3) is 0 Å². The van der Waals surface area contributed by atoms with Gasteiger partial charge in [-0.25, -0.2) is 13.1 Å². The van der Waals surface area contributed by atoms with Crippen molar-refractivity contribution < 1.29 is 8.42 Å². The van der Waals surface area contributed by atoms with Crippen LogP contribution in [0.25, 0.3) is 0 Å². The molecule has 0 amide bonds. The summed E-state index contributed by atoms with van der Waals surface area (Å²) in [4.78, 5) is 1.22. The lowest BCUT2D eigenvalue weighted by atomic mass is 10.2. The highest BCUT2D eigenvalue weighted by Crippen LogP contribution is 2.22. The molecule has 0 bridgehead atoms. The van der Waals surface area contributed by atoms with E-state index in [0.29, 0.717) is 18.2 Å². The van der Waals surface area contributed by atoms with E-state index in [4.69, 9.17) is 0 Å². The molecule has 0 aromatic heterocycles. The quantitative estimate of drug-likeness (QED) is 0.749. The lowest BCUT2D eigenvalue weighted by molar-refractivity contribution is 0.578. The fourth-order valence-corrected chi connectivity index (χ4v) is 3.60. The van der Waals surface area contributed by atoms with Crippen LogP contribution >= 0.6 is 11.8 Å². The third kappa shape index (κ3) is 6.99. The van der Waals surface area contributed by atoms with Gasteiger partial charge in [-0.2, -0.15) is 0 Å². The molecule has 1 aromatic carbocycles. The Bertz CT molecular complexity index is 467. The number of sulfonamides is 1. The summed E-state index contributed by atoms with van der Waals surface area (Å²) in [5.41, 5.74) is 0.994. The third-order valence-electron chi connectivity index (χ3n) is 2.56. The molecule has 0 spiro atoms. The van der Waals surface area contributed by atoms with Gasteiger partial charge >= 0.3 is 0 Å². The van der Waals surface area contributed by atoms with E-state index in [1.165, 1.54) is 4.90 Å². The summed E-state index contributed by atoms with van der Waals surface area (Å²) in [6, 6.07) is 8.04. The molecule has 19 heavy (non-hydrogen) atoms. The van der Waals surface area contributed by atoms with Crippen molar-refractivity contribution in [1.82, 2.24) is 4.72 Å². The molecule has 108 valence electrons. The molecule has 3 nitrogen and oxygen atoms in total. The Balaban J connectivity index is 2.50. The zero-order chi connectivity index (χ0) is 14.3. The maximum atomic E-state index is 11.7. The third-order valence-corrected chi connectivity index (χ3v) is 4.98. The minimum Gasteiger partial charge on any atom is -0.212 e. The standard InChI is InChI=1S/C14H23NO2S2/c1-4-5-10-19(16,17)15-11-13-6-8-14(9-7-13)18-12(2)3/h6-9,12,15H,4-5,10-11H2,1-3H3. The van der Waals surface area contributed by atoms with Gasteiger partial charge in [-0.05, 0) is 24.1 Å². The van der Waals surface area contributed by atoms with Crippen molar-refractivity contribution in [3.63, 3.8) is 0 Å². The van der Waals surface area contributed by atoms with Gasteiger partial charge in [0, 0.05) is 16.7 Å². The fraction of sp³-hybridized carbons (Fsp3) is 0.571. The van der Waals surface area contributed by atoms with Gasteiger partial charge < -0.3 is 0 Å². The van der Waals surface area contributed by atoms with Crippen LogP contribution in [0.15, 0.2) is 29.2 Å². The summed E-state index contributed by atoms with van der Waals surface area (Å²) in [5.74, 6) is 0.213. The van der Waals surface area contributed by atoms with E-state index in [2.05, 4.69) is 18.6 Å². The van der Waals surface area contributed by atoms with E-state index in [9.17, 15) is 8.42 Å². The molecule has 0 saturated carbocycles. The largest absolute Gasteiger partial charge is 0.212 e. The first kappa shape index (κ1) is 16.5. The Kier molecular flexibility index (Phi) is 6.89. The van der Waals surface area contributed by atoms with E-state index >= 15 is 0 Å². The Morgan fingerprint density at radius 2 is 1.84 bits per heavy atom. The topological polar surface area (TPSA) is 46.2 Å². The van der Waals surface area contributed by atoms with E-state index in [1.54, 1.807) is 11.8 Å². The summed E-state index contributed by atoms with van der Waals surface area (Å²) in [5, 5.41) is 0.554. The molecule has 0 fully saturated rings. The van der Waals surface area contributed by atoms with E-state index in [1.807, 2.05) is 31.2 Å². The molecule has 0 atom stereocenters. The van der Waals surface area contributed by atoms with Crippen molar-refractivity contribution in [3.8, 4) is 0 Å². The maximum Gasteiger partial charge on any atom is 0.211 e. The molecule has 1 N–H and O–H groups in total. The SMILES string of the molecule is CCCCS(=O)(=O)NCc1ccc(SC(C)C)cc1. The molecule has 0 aliphatic heterocycles. The summed E-state index contributed by atoms with van der Waals surface area (Å²) in [6.07, 6.45) is 1.60. The molecule has 1 aromatic rings. The van der Waals surface area contributed by atoms with Crippen LogP contribution in [0.5, 0.6) is 0 Å². The molecule has 0 radical (unpaired) electrons. The van der Waals surface area contributed by atoms with Gasteiger partial charge in [0.15, 0.2) is 0 Å². The first-order valence-corrected chi connectivity index (χ1v) is 9.19. The smallest absolute Gasteiger partial charge is 0.211 e. The van der Waals surface area contributed by atoms with Crippen molar-refractivity contribution in [1.29, 1.82) is 0 Å². The highest BCUT2D eigenvalue weighted by Gasteiger charge is 2.08. The molecule has 0 heterocycles. The Hall–Kier alpha value is -0.520. The van der Waals surface area contributed by atoms with Crippen LogP contribution < -0.4 is 4.72 Å². The first-order valence-electron chi connectivity index (χ1n) is 6.66. The normalized spacial score (nSPS) is 12.0. The van der Waals surface area contributed by atoms with Crippen LogP contribution in [0.3, 0.4) is 0 Å². The van der Waals surface area contributed by atoms with Crippen LogP contribution in [0, 0.1) is 0 Å². The number of unbranched alkanes of at least 4 members (excludes halogenated alkanes) is 1. The van der Waals surface area contributed by atoms with Crippen LogP contribution in [0.1, 0.15) is 39.2 Å². The predicted molar refractivity (Wildman–Crippen MR) is 83.0 cm³/mol. The molecule has 1 rings (SSSR count). The minimum atomic E-state index is -3.13. The highest BCUT2D eigenvalue weighted by atomic mass is 32.2. The fourth-order valence-electron chi connectivity index (χ4n) is 1.56. The van der Waals surface area contributed by atoms with Gasteiger partial charge in [-0.15, -0.1) is 11.8 Å². The summed E-state index contributed by atoms with van der Waals surface area (Å²) < 4.78 is 26.0. The monoisotopic (exact) mass is 301 g/mol. The Morgan fingerprint density at radius 1 is 1.21 bits per heavy atom. The molecule has 0 saturated heterocycles. The molecule has 5 heteroatoms. The van der Waals surface area contributed by atoms with Crippen molar-refractivity contribution >= 4 is 21.8 Å². The Morgan fingerprint density at radius 3 is 2.37 bits per heavy atom. The second-order valence-corrected chi connectivity index (χ2v) is 8.38. The van der Waals surface area contributed by atoms with Crippen LogP contribution in [-0.2, 0) is 16.6 Å². The van der Waals surface area contributed by atoms with Crippen molar-refractivity contribution in [3.05, 3.63) is 29.8 Å². The van der Waals surface area contributed by atoms with Crippen molar-refractivity contribution in [2.75, 3.05) is 5.75 Å². The van der Waals surface area contributed by atoms with Gasteiger partial charge in [0.05, 0.1) is 5.75 Å². The van der Waals surface area contributed by atoms with Crippen molar-refractivity contribution in [2.45, 2.75) is 50.3 Å². The average molecular weight is 301 g/mol. The minimum absolute atomic E-state index is 0.213.